The molecule has 2 N–H and O–H groups in total. The Kier molecular flexibility index (Phi) is 5.35. The molecule has 0 bridgehead atoms. The molecule has 0 saturated heterocycles. The first kappa shape index (κ1) is 17.7. The number of nitrogens with one attached hydrogen (secondary N) is 1. The lowest BCUT2D eigenvalue weighted by molar-refractivity contribution is -0.120. The number of aryl methyl sites for hydroxylation is 2. The predicted octanol–water partition coefficient (Wildman–Crippen LogP) is 1.23. The monoisotopic (exact) mass is 333 g/mol. The molecular weight excluding hydrogens is 314 g/mol. The number of ether oxygens (including phenoxy) is 1. The van der Waals surface area contributed by atoms with Gasteiger partial charge in [0, 0.05) is 19.0 Å². The number of carbonyl (C=O) groups is 2. The smallest absolute Gasteiger partial charge is 0.340 e. The van der Waals surface area contributed by atoms with Crippen LogP contribution in [0.4, 0.5) is 0 Å². The van der Waals surface area contributed by atoms with Crippen LogP contribution in [0.5, 0.6) is 5.75 Å². The molecule has 0 aliphatic carbocycles. The van der Waals surface area contributed by atoms with Crippen LogP contribution in [0.2, 0.25) is 0 Å². The normalized spacial score (nSPS) is 10.8. The Hall–Kier alpha value is -2.67. The summed E-state index contributed by atoms with van der Waals surface area (Å²) in [4.78, 5) is 35.4. The van der Waals surface area contributed by atoms with E-state index in [0.717, 1.165) is 0 Å². The average Bonchev–Trinajstić information content (AvgIpc) is 2.54. The van der Waals surface area contributed by atoms with Crippen molar-refractivity contribution in [2.75, 3.05) is 20.3 Å². The second kappa shape index (κ2) is 7.27. The Balaban J connectivity index is 2.50. The quantitative estimate of drug-likeness (QED) is 0.468. The zero-order valence-corrected chi connectivity index (χ0v) is 13.8. The topological polar surface area (TPSA) is 106 Å². The summed E-state index contributed by atoms with van der Waals surface area (Å²) in [6, 6.07) is 1.63. The molecule has 1 aromatic carbocycles. The number of rotatable bonds is 6. The number of aromatic hydroxyl groups is 1. The van der Waals surface area contributed by atoms with Gasteiger partial charge in [0.05, 0.1) is 24.2 Å². The molecular formula is C17H19NO6. The molecule has 1 heterocycles. The van der Waals surface area contributed by atoms with E-state index in [-0.39, 0.29) is 34.8 Å². The summed E-state index contributed by atoms with van der Waals surface area (Å²) in [7, 11) is 1.52. The number of hydrogen-bond donors (Lipinski definition) is 2. The minimum atomic E-state index is -0.701. The molecule has 0 saturated carbocycles. The Morgan fingerprint density at radius 2 is 2.12 bits per heavy atom. The summed E-state index contributed by atoms with van der Waals surface area (Å²) in [5.41, 5.74) is 0.513. The molecule has 0 aliphatic heterocycles. The second-order valence-electron chi connectivity index (χ2n) is 5.46. The minimum absolute atomic E-state index is 0.0270. The molecule has 24 heavy (non-hydrogen) atoms. The number of fused-ring (bicyclic) bond motifs is 1. The van der Waals surface area contributed by atoms with E-state index in [4.69, 9.17) is 9.15 Å². The van der Waals surface area contributed by atoms with Crippen molar-refractivity contribution in [2.24, 2.45) is 0 Å². The number of phenols is 1. The van der Waals surface area contributed by atoms with Crippen molar-refractivity contribution in [3.8, 4) is 5.75 Å². The van der Waals surface area contributed by atoms with E-state index in [9.17, 15) is 19.5 Å². The standard InChI is InChI=1S/C17H19NO6/c1-9-6-11-10(2)12(7-14(20)18-4-5-23-3)17(22)24-16(11)13(8-19)15(9)21/h6,8,21H,4-5,7H2,1-3H3,(H,18,20). The largest absolute Gasteiger partial charge is 0.507 e. The highest BCUT2D eigenvalue weighted by molar-refractivity contribution is 5.99. The number of amides is 1. The molecule has 0 radical (unpaired) electrons. The maximum Gasteiger partial charge on any atom is 0.340 e. The van der Waals surface area contributed by atoms with Crippen molar-refractivity contribution in [1.29, 1.82) is 0 Å². The lowest BCUT2D eigenvalue weighted by atomic mass is 9.98. The van der Waals surface area contributed by atoms with Crippen LogP contribution >= 0.6 is 0 Å². The van der Waals surface area contributed by atoms with E-state index in [1.165, 1.54) is 7.11 Å². The Morgan fingerprint density at radius 1 is 1.42 bits per heavy atom. The Bertz CT molecular complexity index is 853. The summed E-state index contributed by atoms with van der Waals surface area (Å²) in [5.74, 6) is -0.544. The van der Waals surface area contributed by atoms with E-state index in [2.05, 4.69) is 5.32 Å². The summed E-state index contributed by atoms with van der Waals surface area (Å²) in [5, 5.41) is 13.1. The van der Waals surface area contributed by atoms with Gasteiger partial charge in [0.1, 0.15) is 5.75 Å². The third kappa shape index (κ3) is 3.30. The van der Waals surface area contributed by atoms with Crippen molar-refractivity contribution in [3.05, 3.63) is 38.7 Å². The first-order valence-electron chi connectivity index (χ1n) is 7.40. The molecule has 0 fully saturated rings. The predicted molar refractivity (Wildman–Crippen MR) is 87.6 cm³/mol. The lowest BCUT2D eigenvalue weighted by Crippen LogP contribution is -2.30. The zero-order valence-electron chi connectivity index (χ0n) is 13.8. The maximum absolute atomic E-state index is 12.2. The number of benzene rings is 1. The molecule has 0 spiro atoms. The van der Waals surface area contributed by atoms with Gasteiger partial charge in [-0.2, -0.15) is 0 Å². The highest BCUT2D eigenvalue weighted by Crippen LogP contribution is 2.31. The highest BCUT2D eigenvalue weighted by Gasteiger charge is 2.19. The molecule has 1 amide bonds. The lowest BCUT2D eigenvalue weighted by Gasteiger charge is -2.11. The van der Waals surface area contributed by atoms with Crippen LogP contribution in [0.15, 0.2) is 15.3 Å². The van der Waals surface area contributed by atoms with E-state index < -0.39 is 5.63 Å². The van der Waals surface area contributed by atoms with Gasteiger partial charge >= 0.3 is 5.63 Å². The SMILES string of the molecule is COCCNC(=O)Cc1c(C)c2cc(C)c(O)c(C=O)c2oc1=O. The van der Waals surface area contributed by atoms with Gasteiger partial charge in [0.15, 0.2) is 11.9 Å². The fraction of sp³-hybridized carbons (Fsp3) is 0.353. The van der Waals surface area contributed by atoms with Crippen molar-refractivity contribution in [3.63, 3.8) is 0 Å². The van der Waals surface area contributed by atoms with E-state index in [0.29, 0.717) is 36.0 Å². The van der Waals surface area contributed by atoms with Gasteiger partial charge in [-0.25, -0.2) is 4.79 Å². The Labute approximate surface area is 138 Å². The first-order valence-corrected chi connectivity index (χ1v) is 7.40. The van der Waals surface area contributed by atoms with Crippen molar-refractivity contribution in [2.45, 2.75) is 20.3 Å². The van der Waals surface area contributed by atoms with Crippen LogP contribution in [0.3, 0.4) is 0 Å². The number of methoxy groups -OCH3 is 1. The number of carbonyl (C=O) groups excluding carboxylic acids is 2. The van der Waals surface area contributed by atoms with Crippen molar-refractivity contribution in [1.82, 2.24) is 5.32 Å². The maximum atomic E-state index is 12.2. The van der Waals surface area contributed by atoms with Gasteiger partial charge in [-0.05, 0) is 31.0 Å². The van der Waals surface area contributed by atoms with Crippen LogP contribution in [-0.2, 0) is 16.0 Å². The molecule has 0 aliphatic rings. The van der Waals surface area contributed by atoms with Crippen LogP contribution < -0.4 is 10.9 Å². The average molecular weight is 333 g/mol. The van der Waals surface area contributed by atoms with Gasteiger partial charge in [-0.15, -0.1) is 0 Å². The van der Waals surface area contributed by atoms with Gasteiger partial charge in [-0.1, -0.05) is 0 Å². The molecule has 128 valence electrons. The summed E-state index contributed by atoms with van der Waals surface area (Å²) >= 11 is 0. The van der Waals surface area contributed by atoms with E-state index >= 15 is 0 Å². The fourth-order valence-corrected chi connectivity index (χ4v) is 2.50. The summed E-state index contributed by atoms with van der Waals surface area (Å²) < 4.78 is 10.1. The summed E-state index contributed by atoms with van der Waals surface area (Å²) in [6.07, 6.45) is 0.314. The van der Waals surface area contributed by atoms with E-state index in [1.54, 1.807) is 19.9 Å². The third-order valence-electron chi connectivity index (χ3n) is 3.86. The van der Waals surface area contributed by atoms with Crippen LogP contribution in [0.1, 0.15) is 27.0 Å². The van der Waals surface area contributed by atoms with Crippen LogP contribution in [-0.4, -0.2) is 37.6 Å². The minimum Gasteiger partial charge on any atom is -0.507 e. The van der Waals surface area contributed by atoms with Gasteiger partial charge in [-0.3, -0.25) is 9.59 Å². The first-order chi connectivity index (χ1) is 11.4. The van der Waals surface area contributed by atoms with Gasteiger partial charge in [0.25, 0.3) is 0 Å². The fourth-order valence-electron chi connectivity index (χ4n) is 2.50. The third-order valence-corrected chi connectivity index (χ3v) is 3.86. The number of aldehydes is 1. The molecule has 2 rings (SSSR count). The van der Waals surface area contributed by atoms with Crippen molar-refractivity contribution >= 4 is 23.2 Å². The van der Waals surface area contributed by atoms with Gasteiger partial charge < -0.3 is 19.6 Å². The van der Waals surface area contributed by atoms with E-state index in [1.807, 2.05) is 0 Å². The molecule has 0 unspecified atom stereocenters. The molecule has 2 aromatic rings. The van der Waals surface area contributed by atoms with Crippen LogP contribution in [0.25, 0.3) is 11.0 Å². The second-order valence-corrected chi connectivity index (χ2v) is 5.46. The molecule has 7 heteroatoms. The molecule has 7 nitrogen and oxygen atoms in total. The molecule has 1 aromatic heterocycles. The highest BCUT2D eigenvalue weighted by atomic mass is 16.5. The zero-order chi connectivity index (χ0) is 17.9. The van der Waals surface area contributed by atoms with Gasteiger partial charge in [0.2, 0.25) is 5.91 Å². The number of phenolic OH excluding ortho intramolecular Hbond substituents is 1. The molecule has 0 atom stereocenters. The summed E-state index contributed by atoms with van der Waals surface area (Å²) in [6.45, 7) is 4.04. The number of hydrogen-bond acceptors (Lipinski definition) is 6. The Morgan fingerprint density at radius 3 is 2.75 bits per heavy atom. The van der Waals surface area contributed by atoms with Crippen LogP contribution in [0, 0.1) is 13.8 Å². The van der Waals surface area contributed by atoms with Crippen molar-refractivity contribution < 1.29 is 23.8 Å².